The first-order chi connectivity index (χ1) is 9.29. The number of hydrogen-bond acceptors (Lipinski definition) is 3. The van der Waals surface area contributed by atoms with Gasteiger partial charge in [0.2, 0.25) is 0 Å². The third kappa shape index (κ3) is 2.59. The van der Waals surface area contributed by atoms with Crippen molar-refractivity contribution >= 4 is 17.4 Å². The van der Waals surface area contributed by atoms with Crippen LogP contribution < -0.4 is 10.6 Å². The molecule has 2 heterocycles. The van der Waals surface area contributed by atoms with E-state index >= 15 is 0 Å². The highest BCUT2D eigenvalue weighted by atomic mass is 35.5. The fourth-order valence-electron chi connectivity index (χ4n) is 3.69. The van der Waals surface area contributed by atoms with Crippen molar-refractivity contribution in [1.29, 1.82) is 0 Å². The van der Waals surface area contributed by atoms with Gasteiger partial charge in [-0.1, -0.05) is 24.4 Å². The lowest BCUT2D eigenvalue weighted by atomic mass is 9.78. The highest BCUT2D eigenvalue weighted by molar-refractivity contribution is 6.31. The van der Waals surface area contributed by atoms with Gasteiger partial charge >= 0.3 is 0 Å². The Bertz CT molecular complexity index is 447. The number of rotatable bonds is 2. The first kappa shape index (κ1) is 13.2. The minimum Gasteiger partial charge on any atom is -0.353 e. The van der Waals surface area contributed by atoms with Gasteiger partial charge in [-0.25, -0.2) is 4.98 Å². The monoisotopic (exact) mass is 279 g/mol. The van der Waals surface area contributed by atoms with Gasteiger partial charge in [-0.2, -0.15) is 0 Å². The molecule has 104 valence electrons. The quantitative estimate of drug-likeness (QED) is 0.903. The molecule has 0 amide bonds. The fourth-order valence-corrected chi connectivity index (χ4v) is 3.87. The molecular weight excluding hydrogens is 258 g/mol. The van der Waals surface area contributed by atoms with E-state index in [2.05, 4.69) is 16.0 Å². The van der Waals surface area contributed by atoms with Gasteiger partial charge in [0.1, 0.15) is 5.82 Å². The van der Waals surface area contributed by atoms with Crippen molar-refractivity contribution in [1.82, 2.24) is 4.98 Å². The average Bonchev–Trinajstić information content (AvgIpc) is 2.47. The van der Waals surface area contributed by atoms with E-state index in [1.165, 1.54) is 38.5 Å². The Morgan fingerprint density at radius 2 is 2.00 bits per heavy atom. The van der Waals surface area contributed by atoms with Gasteiger partial charge in [-0.3, -0.25) is 0 Å². The summed E-state index contributed by atoms with van der Waals surface area (Å²) in [6.07, 6.45) is 8.12. The van der Waals surface area contributed by atoms with Crippen LogP contribution in [0.5, 0.6) is 0 Å². The topological polar surface area (TPSA) is 42.1 Å². The molecule has 3 rings (SSSR count). The molecule has 2 unspecified atom stereocenters. The van der Waals surface area contributed by atoms with Crippen molar-refractivity contribution in [3.05, 3.63) is 22.8 Å². The first-order valence-corrected chi connectivity index (χ1v) is 7.79. The van der Waals surface area contributed by atoms with Gasteiger partial charge in [-0.15, -0.1) is 0 Å². The number of hydrogen-bond donors (Lipinski definition) is 1. The van der Waals surface area contributed by atoms with Crippen molar-refractivity contribution in [2.75, 3.05) is 11.4 Å². The predicted molar refractivity (Wildman–Crippen MR) is 79.5 cm³/mol. The largest absolute Gasteiger partial charge is 0.353 e. The van der Waals surface area contributed by atoms with Crippen molar-refractivity contribution in [3.8, 4) is 0 Å². The lowest BCUT2D eigenvalue weighted by Crippen LogP contribution is -2.47. The summed E-state index contributed by atoms with van der Waals surface area (Å²) >= 11 is 6.11. The van der Waals surface area contributed by atoms with Crippen LogP contribution in [0.2, 0.25) is 5.02 Å². The predicted octanol–water partition coefficient (Wildman–Crippen LogP) is 3.35. The lowest BCUT2D eigenvalue weighted by Gasteiger charge is -2.45. The summed E-state index contributed by atoms with van der Waals surface area (Å²) in [5.74, 6) is 1.93. The summed E-state index contributed by atoms with van der Waals surface area (Å²) in [5, 5.41) is 0.684. The summed E-state index contributed by atoms with van der Waals surface area (Å²) in [5.41, 5.74) is 6.53. The van der Waals surface area contributed by atoms with E-state index in [1.54, 1.807) is 0 Å². The van der Waals surface area contributed by atoms with E-state index in [9.17, 15) is 0 Å². The summed E-state index contributed by atoms with van der Waals surface area (Å²) in [4.78, 5) is 7.18. The Balaban J connectivity index is 1.87. The molecule has 3 nitrogen and oxygen atoms in total. The molecule has 0 bridgehead atoms. The van der Waals surface area contributed by atoms with Crippen molar-refractivity contribution in [2.45, 2.75) is 51.1 Å². The van der Waals surface area contributed by atoms with Gasteiger partial charge in [0.25, 0.3) is 0 Å². The zero-order valence-electron chi connectivity index (χ0n) is 11.3. The van der Waals surface area contributed by atoms with E-state index in [-0.39, 0.29) is 0 Å². The molecule has 0 radical (unpaired) electrons. The van der Waals surface area contributed by atoms with Gasteiger partial charge in [0.05, 0.1) is 10.7 Å². The van der Waals surface area contributed by atoms with Gasteiger partial charge in [-0.05, 0) is 43.7 Å². The van der Waals surface area contributed by atoms with Gasteiger partial charge in [0, 0.05) is 19.1 Å². The van der Waals surface area contributed by atoms with Crippen LogP contribution in [0.15, 0.2) is 12.1 Å². The molecule has 2 aliphatic rings. The van der Waals surface area contributed by atoms with Crippen LogP contribution in [0.3, 0.4) is 0 Å². The Hall–Kier alpha value is -0.800. The van der Waals surface area contributed by atoms with Crippen LogP contribution >= 0.6 is 11.6 Å². The molecule has 2 N–H and O–H groups in total. The minimum absolute atomic E-state index is 0.411. The van der Waals surface area contributed by atoms with Crippen molar-refractivity contribution in [3.63, 3.8) is 0 Å². The standard InChI is InChI=1S/C15H22ClN3/c16-12-7-8-15(18-13(12)10-17)19-9-3-5-11-4-1-2-6-14(11)19/h7-8,11,14H,1-6,9-10,17H2. The average molecular weight is 280 g/mol. The van der Waals surface area contributed by atoms with Crippen molar-refractivity contribution < 1.29 is 0 Å². The normalized spacial score (nSPS) is 27.2. The number of halogens is 1. The maximum absolute atomic E-state index is 6.11. The highest BCUT2D eigenvalue weighted by Crippen LogP contribution is 2.37. The molecule has 1 aromatic heterocycles. The van der Waals surface area contributed by atoms with E-state index in [0.29, 0.717) is 17.6 Å². The molecule has 0 aromatic carbocycles. The molecule has 19 heavy (non-hydrogen) atoms. The van der Waals surface area contributed by atoms with Crippen LogP contribution in [-0.2, 0) is 6.54 Å². The third-order valence-corrected chi connectivity index (χ3v) is 4.98. The number of pyridine rings is 1. The Labute approximate surface area is 120 Å². The van der Waals surface area contributed by atoms with Crippen LogP contribution in [-0.4, -0.2) is 17.6 Å². The second kappa shape index (κ2) is 5.68. The number of piperidine rings is 1. The number of aromatic nitrogens is 1. The second-order valence-corrected chi connectivity index (χ2v) is 6.16. The molecule has 2 atom stereocenters. The van der Waals surface area contributed by atoms with E-state index in [4.69, 9.17) is 17.3 Å². The molecule has 1 saturated carbocycles. The molecule has 1 aliphatic carbocycles. The minimum atomic E-state index is 0.411. The molecule has 4 heteroatoms. The summed E-state index contributed by atoms with van der Waals surface area (Å²) in [7, 11) is 0. The van der Waals surface area contributed by atoms with E-state index in [1.807, 2.05) is 6.07 Å². The van der Waals surface area contributed by atoms with Crippen LogP contribution in [0, 0.1) is 5.92 Å². The second-order valence-electron chi connectivity index (χ2n) is 5.75. The highest BCUT2D eigenvalue weighted by Gasteiger charge is 2.33. The van der Waals surface area contributed by atoms with Gasteiger partial charge in [0.15, 0.2) is 0 Å². The van der Waals surface area contributed by atoms with Crippen LogP contribution in [0.25, 0.3) is 0 Å². The number of fused-ring (bicyclic) bond motifs is 1. The zero-order chi connectivity index (χ0) is 13.2. The maximum Gasteiger partial charge on any atom is 0.129 e. The first-order valence-electron chi connectivity index (χ1n) is 7.41. The number of anilines is 1. The van der Waals surface area contributed by atoms with Crippen LogP contribution in [0.4, 0.5) is 5.82 Å². The molecule has 1 aromatic rings. The van der Waals surface area contributed by atoms with E-state index < -0.39 is 0 Å². The van der Waals surface area contributed by atoms with Crippen LogP contribution in [0.1, 0.15) is 44.2 Å². The smallest absolute Gasteiger partial charge is 0.129 e. The molecule has 0 spiro atoms. The summed E-state index contributed by atoms with van der Waals surface area (Å²) in [6.45, 7) is 1.54. The number of nitrogens with two attached hydrogens (primary N) is 1. The molecule has 1 aliphatic heterocycles. The molecular formula is C15H22ClN3. The summed E-state index contributed by atoms with van der Waals surface area (Å²) in [6, 6.07) is 4.68. The Kier molecular flexibility index (Phi) is 3.94. The maximum atomic E-state index is 6.11. The Morgan fingerprint density at radius 3 is 2.84 bits per heavy atom. The molecule has 2 fully saturated rings. The fraction of sp³-hybridized carbons (Fsp3) is 0.667. The zero-order valence-corrected chi connectivity index (χ0v) is 12.1. The van der Waals surface area contributed by atoms with Gasteiger partial charge < -0.3 is 10.6 Å². The number of nitrogens with zero attached hydrogens (tertiary/aromatic N) is 2. The third-order valence-electron chi connectivity index (χ3n) is 4.63. The SMILES string of the molecule is NCc1nc(N2CCCC3CCCCC32)ccc1Cl. The van der Waals surface area contributed by atoms with Crippen molar-refractivity contribution in [2.24, 2.45) is 11.7 Å². The lowest BCUT2D eigenvalue weighted by molar-refractivity contribution is 0.242. The molecule has 1 saturated heterocycles. The Morgan fingerprint density at radius 1 is 1.21 bits per heavy atom. The summed E-state index contributed by atoms with van der Waals surface area (Å²) < 4.78 is 0. The van der Waals surface area contributed by atoms with E-state index in [0.717, 1.165) is 24.0 Å².